The van der Waals surface area contributed by atoms with E-state index in [9.17, 15) is 9.59 Å². The van der Waals surface area contributed by atoms with Crippen LogP contribution in [0.3, 0.4) is 0 Å². The number of nitrogens with two attached hydrogens (primary N) is 1. The predicted octanol–water partition coefficient (Wildman–Crippen LogP) is 5.15. The Morgan fingerprint density at radius 1 is 0.944 bits per heavy atom. The first-order valence-electron chi connectivity index (χ1n) is 14.0. The van der Waals surface area contributed by atoms with E-state index in [-0.39, 0.29) is 11.8 Å². The van der Waals surface area contributed by atoms with Gasteiger partial charge in [-0.1, -0.05) is 61.7 Å². The van der Waals surface area contributed by atoms with E-state index in [1.54, 1.807) is 6.07 Å². The van der Waals surface area contributed by atoms with Crippen molar-refractivity contribution in [1.82, 2.24) is 10.2 Å². The number of nitrogens with zero attached hydrogens (tertiary/aromatic N) is 1. The van der Waals surface area contributed by atoms with Gasteiger partial charge in [0.05, 0.1) is 5.41 Å². The van der Waals surface area contributed by atoms with Crippen LogP contribution in [0.2, 0.25) is 0 Å². The highest BCUT2D eigenvalue weighted by molar-refractivity contribution is 5.93. The minimum Gasteiger partial charge on any atom is -0.366 e. The molecule has 1 unspecified atom stereocenters. The van der Waals surface area contributed by atoms with Crippen molar-refractivity contribution < 1.29 is 9.59 Å². The highest BCUT2D eigenvalue weighted by atomic mass is 16.2. The van der Waals surface area contributed by atoms with Gasteiger partial charge in [-0.25, -0.2) is 0 Å². The van der Waals surface area contributed by atoms with E-state index >= 15 is 0 Å². The van der Waals surface area contributed by atoms with Crippen LogP contribution in [0, 0.1) is 5.92 Å². The van der Waals surface area contributed by atoms with Crippen LogP contribution in [0.15, 0.2) is 54.6 Å². The van der Waals surface area contributed by atoms with Crippen LogP contribution >= 0.6 is 0 Å². The van der Waals surface area contributed by atoms with Crippen molar-refractivity contribution in [3.8, 4) is 0 Å². The first-order valence-corrected chi connectivity index (χ1v) is 14.0. The lowest BCUT2D eigenvalue weighted by Gasteiger charge is -2.41. The molecule has 5 heteroatoms. The molecule has 2 aromatic carbocycles. The van der Waals surface area contributed by atoms with Crippen molar-refractivity contribution in [1.29, 1.82) is 0 Å². The van der Waals surface area contributed by atoms with Crippen molar-refractivity contribution in [3.05, 3.63) is 71.3 Å². The fraction of sp³-hybridized carbons (Fsp3) is 0.548. The van der Waals surface area contributed by atoms with E-state index in [4.69, 9.17) is 5.73 Å². The Labute approximate surface area is 215 Å². The standard InChI is InChI=1S/C31H41N3O2/c1-31(25-11-4-2-5-12-25,26-13-6-3-7-14-26)30(36)33-17-18-34-27-15-16-28(34)21-24(20-27)22-9-8-10-23(19-22)29(32)35/h2,4-5,8-12,19,24,26-28H,3,6-7,13-18,20-21H2,1H3,(H2,32,35)(H,33,36)/t24-,27+,28-,31?. The number of carbonyl (C=O) groups excluding carboxylic acids is 2. The number of fused-ring (bicyclic) bond motifs is 2. The maximum atomic E-state index is 13.7. The van der Waals surface area contributed by atoms with Crippen LogP contribution in [0.5, 0.6) is 0 Å². The predicted molar refractivity (Wildman–Crippen MR) is 144 cm³/mol. The number of benzene rings is 2. The molecule has 1 saturated carbocycles. The van der Waals surface area contributed by atoms with Gasteiger partial charge in [-0.3, -0.25) is 14.5 Å². The first kappa shape index (κ1) is 25.0. The highest BCUT2D eigenvalue weighted by Gasteiger charge is 2.44. The summed E-state index contributed by atoms with van der Waals surface area (Å²) < 4.78 is 0. The van der Waals surface area contributed by atoms with Crippen LogP contribution in [0.4, 0.5) is 0 Å². The molecular formula is C31H41N3O2. The van der Waals surface area contributed by atoms with Gasteiger partial charge in [-0.15, -0.1) is 0 Å². The minimum absolute atomic E-state index is 0.186. The molecule has 1 aliphatic carbocycles. The van der Waals surface area contributed by atoms with E-state index in [2.05, 4.69) is 47.5 Å². The molecule has 4 atom stereocenters. The second kappa shape index (κ2) is 10.8. The highest BCUT2D eigenvalue weighted by Crippen LogP contribution is 2.43. The molecule has 3 fully saturated rings. The normalized spacial score (nSPS) is 26.3. The van der Waals surface area contributed by atoms with Crippen molar-refractivity contribution >= 4 is 11.8 Å². The van der Waals surface area contributed by atoms with E-state index in [1.165, 1.54) is 37.7 Å². The lowest BCUT2D eigenvalue weighted by atomic mass is 9.65. The molecule has 2 heterocycles. The van der Waals surface area contributed by atoms with Crippen LogP contribution < -0.4 is 11.1 Å². The number of carbonyl (C=O) groups is 2. The molecule has 3 N–H and O–H groups in total. The molecule has 5 rings (SSSR count). The van der Waals surface area contributed by atoms with Gasteiger partial charge >= 0.3 is 0 Å². The first-order chi connectivity index (χ1) is 17.5. The van der Waals surface area contributed by atoms with E-state index < -0.39 is 5.41 Å². The Hall–Kier alpha value is -2.66. The van der Waals surface area contributed by atoms with Gasteiger partial charge in [-0.05, 0) is 80.5 Å². The largest absolute Gasteiger partial charge is 0.366 e. The fourth-order valence-electron chi connectivity index (χ4n) is 7.36. The molecule has 2 amide bonds. The SMILES string of the molecule is CC(C(=O)NCCN1[C@@H]2CC[C@H]1C[C@@H](c1cccc(C(N)=O)c1)C2)(c1ccccc1)C1CCCCC1. The fourth-order valence-corrected chi connectivity index (χ4v) is 7.36. The topological polar surface area (TPSA) is 75.4 Å². The summed E-state index contributed by atoms with van der Waals surface area (Å²) in [5.74, 6) is 0.701. The monoisotopic (exact) mass is 487 g/mol. The molecule has 2 aromatic rings. The third-order valence-electron chi connectivity index (χ3n) is 9.45. The molecule has 0 spiro atoms. The minimum atomic E-state index is -0.473. The summed E-state index contributed by atoms with van der Waals surface area (Å²) in [4.78, 5) is 28.0. The summed E-state index contributed by atoms with van der Waals surface area (Å²) in [5, 5.41) is 3.37. The summed E-state index contributed by atoms with van der Waals surface area (Å²) in [5.41, 5.74) is 8.03. The molecule has 0 radical (unpaired) electrons. The summed E-state index contributed by atoms with van der Waals surface area (Å²) >= 11 is 0. The smallest absolute Gasteiger partial charge is 0.248 e. The summed E-state index contributed by atoms with van der Waals surface area (Å²) in [6.45, 7) is 3.77. The quantitative estimate of drug-likeness (QED) is 0.541. The van der Waals surface area contributed by atoms with Crippen LogP contribution in [-0.4, -0.2) is 41.9 Å². The van der Waals surface area contributed by atoms with Crippen molar-refractivity contribution in [2.45, 2.75) is 88.1 Å². The van der Waals surface area contributed by atoms with Gasteiger partial charge in [-0.2, -0.15) is 0 Å². The second-order valence-corrected chi connectivity index (χ2v) is 11.4. The summed E-state index contributed by atoms with van der Waals surface area (Å²) in [6.07, 6.45) is 10.6. The van der Waals surface area contributed by atoms with Crippen molar-refractivity contribution in [3.63, 3.8) is 0 Å². The third kappa shape index (κ3) is 4.95. The molecule has 2 bridgehead atoms. The maximum absolute atomic E-state index is 13.7. The van der Waals surface area contributed by atoms with Crippen LogP contribution in [-0.2, 0) is 10.2 Å². The molecule has 2 aliphatic heterocycles. The Morgan fingerprint density at radius 2 is 1.64 bits per heavy atom. The van der Waals surface area contributed by atoms with Gasteiger partial charge in [0, 0.05) is 30.7 Å². The molecule has 0 aromatic heterocycles. The summed E-state index contributed by atoms with van der Waals surface area (Å²) in [6, 6.07) is 19.4. The van der Waals surface area contributed by atoms with Gasteiger partial charge in [0.1, 0.15) is 0 Å². The van der Waals surface area contributed by atoms with Gasteiger partial charge in [0.2, 0.25) is 11.8 Å². The lowest BCUT2D eigenvalue weighted by molar-refractivity contribution is -0.128. The number of nitrogens with one attached hydrogen (secondary N) is 1. The van der Waals surface area contributed by atoms with Crippen molar-refractivity contribution in [2.24, 2.45) is 11.7 Å². The average molecular weight is 488 g/mol. The van der Waals surface area contributed by atoms with Crippen LogP contribution in [0.25, 0.3) is 0 Å². The number of rotatable bonds is 8. The zero-order chi connectivity index (χ0) is 25.1. The average Bonchev–Trinajstić information content (AvgIpc) is 3.15. The zero-order valence-corrected chi connectivity index (χ0v) is 21.6. The second-order valence-electron chi connectivity index (χ2n) is 11.4. The number of piperidine rings is 1. The van der Waals surface area contributed by atoms with Crippen LogP contribution in [0.1, 0.15) is 92.1 Å². The van der Waals surface area contributed by atoms with Gasteiger partial charge in [0.25, 0.3) is 0 Å². The maximum Gasteiger partial charge on any atom is 0.248 e. The van der Waals surface area contributed by atoms with E-state index in [0.29, 0.717) is 36.0 Å². The van der Waals surface area contributed by atoms with Gasteiger partial charge < -0.3 is 11.1 Å². The number of hydrogen-bond donors (Lipinski definition) is 2. The zero-order valence-electron chi connectivity index (χ0n) is 21.6. The molecule has 3 aliphatic rings. The van der Waals surface area contributed by atoms with E-state index in [1.807, 2.05) is 18.2 Å². The van der Waals surface area contributed by atoms with Crippen molar-refractivity contribution in [2.75, 3.05) is 13.1 Å². The lowest BCUT2D eigenvalue weighted by Crippen LogP contribution is -2.51. The van der Waals surface area contributed by atoms with E-state index in [0.717, 1.165) is 37.8 Å². The molecule has 36 heavy (non-hydrogen) atoms. The Balaban J connectivity index is 1.21. The number of primary amides is 1. The molecular weight excluding hydrogens is 446 g/mol. The molecule has 2 saturated heterocycles. The molecule has 5 nitrogen and oxygen atoms in total. The number of hydrogen-bond acceptors (Lipinski definition) is 3. The Bertz CT molecular complexity index is 1050. The summed E-state index contributed by atoms with van der Waals surface area (Å²) in [7, 11) is 0. The van der Waals surface area contributed by atoms with Gasteiger partial charge in [0.15, 0.2) is 0 Å². The third-order valence-corrected chi connectivity index (χ3v) is 9.45. The Kier molecular flexibility index (Phi) is 7.47. The Morgan fingerprint density at radius 3 is 2.31 bits per heavy atom. The number of amides is 2. The molecule has 192 valence electrons.